The van der Waals surface area contributed by atoms with Gasteiger partial charge < -0.3 is 14.6 Å². The maximum Gasteiger partial charge on any atom is 0.198 e. The maximum atomic E-state index is 10.2. The SMILES string of the molecule is COc1cccc([C@@H]2C[C@@H](O)Oc3c2ccc2ccccc32)c1. The summed E-state index contributed by atoms with van der Waals surface area (Å²) in [5.41, 5.74) is 2.24. The molecular formula is C20H18O3. The van der Waals surface area contributed by atoms with E-state index in [1.165, 1.54) is 0 Å². The van der Waals surface area contributed by atoms with Crippen LogP contribution in [-0.4, -0.2) is 18.5 Å². The lowest BCUT2D eigenvalue weighted by Crippen LogP contribution is -2.25. The van der Waals surface area contributed by atoms with E-state index < -0.39 is 6.29 Å². The van der Waals surface area contributed by atoms with Gasteiger partial charge in [0.2, 0.25) is 0 Å². The van der Waals surface area contributed by atoms with E-state index in [-0.39, 0.29) is 5.92 Å². The molecule has 23 heavy (non-hydrogen) atoms. The third-order valence-corrected chi connectivity index (χ3v) is 4.47. The quantitative estimate of drug-likeness (QED) is 0.775. The van der Waals surface area contributed by atoms with E-state index in [1.807, 2.05) is 36.4 Å². The average Bonchev–Trinajstić information content (AvgIpc) is 2.61. The number of aliphatic hydroxyl groups is 1. The predicted molar refractivity (Wildman–Crippen MR) is 90.0 cm³/mol. The van der Waals surface area contributed by atoms with Crippen LogP contribution in [0.2, 0.25) is 0 Å². The number of hydrogen-bond acceptors (Lipinski definition) is 3. The number of ether oxygens (including phenoxy) is 2. The molecule has 0 saturated heterocycles. The molecule has 0 amide bonds. The fraction of sp³-hybridized carbons (Fsp3) is 0.200. The molecule has 4 rings (SSSR count). The van der Waals surface area contributed by atoms with Crippen LogP contribution >= 0.6 is 0 Å². The van der Waals surface area contributed by atoms with Gasteiger partial charge >= 0.3 is 0 Å². The molecule has 0 bridgehead atoms. The van der Waals surface area contributed by atoms with Gasteiger partial charge in [-0.15, -0.1) is 0 Å². The molecule has 1 heterocycles. The molecule has 0 fully saturated rings. The number of aliphatic hydroxyl groups excluding tert-OH is 1. The lowest BCUT2D eigenvalue weighted by atomic mass is 9.84. The molecule has 0 radical (unpaired) electrons. The highest BCUT2D eigenvalue weighted by Crippen LogP contribution is 2.44. The molecule has 0 unspecified atom stereocenters. The van der Waals surface area contributed by atoms with E-state index in [2.05, 4.69) is 24.3 Å². The minimum atomic E-state index is -0.801. The average molecular weight is 306 g/mol. The van der Waals surface area contributed by atoms with Gasteiger partial charge in [-0.1, -0.05) is 48.5 Å². The van der Waals surface area contributed by atoms with Gasteiger partial charge in [0.15, 0.2) is 6.29 Å². The lowest BCUT2D eigenvalue weighted by Gasteiger charge is -2.31. The van der Waals surface area contributed by atoms with Crippen LogP contribution in [0.15, 0.2) is 60.7 Å². The summed E-state index contributed by atoms with van der Waals surface area (Å²) in [4.78, 5) is 0. The molecule has 3 nitrogen and oxygen atoms in total. The second-order valence-corrected chi connectivity index (χ2v) is 5.84. The molecular weight excluding hydrogens is 288 g/mol. The smallest absolute Gasteiger partial charge is 0.198 e. The summed E-state index contributed by atoms with van der Waals surface area (Å²) < 4.78 is 11.1. The van der Waals surface area contributed by atoms with Crippen molar-refractivity contribution in [2.45, 2.75) is 18.6 Å². The molecule has 1 aliphatic heterocycles. The zero-order chi connectivity index (χ0) is 15.8. The van der Waals surface area contributed by atoms with E-state index in [9.17, 15) is 5.11 Å². The van der Waals surface area contributed by atoms with Crippen molar-refractivity contribution in [3.63, 3.8) is 0 Å². The summed E-state index contributed by atoms with van der Waals surface area (Å²) in [6.07, 6.45) is -0.261. The summed E-state index contributed by atoms with van der Waals surface area (Å²) in [7, 11) is 1.67. The first-order valence-electron chi connectivity index (χ1n) is 7.76. The van der Waals surface area contributed by atoms with Gasteiger partial charge in [-0.2, -0.15) is 0 Å². The van der Waals surface area contributed by atoms with Crippen LogP contribution in [0.25, 0.3) is 10.8 Å². The van der Waals surface area contributed by atoms with Crippen LogP contribution in [0.1, 0.15) is 23.5 Å². The van der Waals surface area contributed by atoms with Gasteiger partial charge in [-0.05, 0) is 23.1 Å². The Morgan fingerprint density at radius 3 is 2.78 bits per heavy atom. The number of benzene rings is 3. The van der Waals surface area contributed by atoms with Crippen molar-refractivity contribution in [3.8, 4) is 11.5 Å². The summed E-state index contributed by atoms with van der Waals surface area (Å²) >= 11 is 0. The van der Waals surface area contributed by atoms with Crippen LogP contribution in [0.3, 0.4) is 0 Å². The Morgan fingerprint density at radius 1 is 1.04 bits per heavy atom. The second kappa shape index (κ2) is 5.60. The number of fused-ring (bicyclic) bond motifs is 3. The number of rotatable bonds is 2. The van der Waals surface area contributed by atoms with Crippen LogP contribution in [-0.2, 0) is 0 Å². The van der Waals surface area contributed by atoms with E-state index in [4.69, 9.17) is 9.47 Å². The molecule has 1 N–H and O–H groups in total. The van der Waals surface area contributed by atoms with Crippen molar-refractivity contribution in [1.29, 1.82) is 0 Å². The Labute approximate surface area is 135 Å². The predicted octanol–water partition coefficient (Wildman–Crippen LogP) is 4.08. The van der Waals surface area contributed by atoms with E-state index >= 15 is 0 Å². The molecule has 0 aliphatic carbocycles. The van der Waals surface area contributed by atoms with Gasteiger partial charge in [0.25, 0.3) is 0 Å². The van der Waals surface area contributed by atoms with Crippen molar-refractivity contribution < 1.29 is 14.6 Å². The van der Waals surface area contributed by atoms with Crippen molar-refractivity contribution in [3.05, 3.63) is 71.8 Å². The number of hydrogen-bond donors (Lipinski definition) is 1. The van der Waals surface area contributed by atoms with Gasteiger partial charge in [0.05, 0.1) is 7.11 Å². The van der Waals surface area contributed by atoms with Crippen molar-refractivity contribution >= 4 is 10.8 Å². The van der Waals surface area contributed by atoms with Gasteiger partial charge in [-0.3, -0.25) is 0 Å². The Balaban J connectivity index is 1.89. The van der Waals surface area contributed by atoms with E-state index in [0.29, 0.717) is 6.42 Å². The first-order valence-corrected chi connectivity index (χ1v) is 7.76. The fourth-order valence-corrected chi connectivity index (χ4v) is 3.35. The third-order valence-electron chi connectivity index (χ3n) is 4.47. The molecule has 0 saturated carbocycles. The minimum Gasteiger partial charge on any atom is -0.497 e. The second-order valence-electron chi connectivity index (χ2n) is 5.84. The van der Waals surface area contributed by atoms with Crippen LogP contribution in [0.5, 0.6) is 11.5 Å². The standard InChI is InChI=1S/C20H18O3/c1-22-15-7-4-6-14(11-15)18-12-19(21)23-20-16-8-3-2-5-13(16)9-10-17(18)20/h2-11,18-19,21H,12H2,1H3/t18-,19-/m0/s1. The van der Waals surface area contributed by atoms with Gasteiger partial charge in [0, 0.05) is 23.3 Å². The summed E-state index contributed by atoms with van der Waals surface area (Å²) in [5, 5.41) is 12.4. The Hall–Kier alpha value is -2.52. The topological polar surface area (TPSA) is 38.7 Å². The maximum absolute atomic E-state index is 10.2. The molecule has 1 aliphatic rings. The van der Waals surface area contributed by atoms with Crippen LogP contribution < -0.4 is 9.47 Å². The molecule has 116 valence electrons. The first kappa shape index (κ1) is 14.1. The van der Waals surface area contributed by atoms with E-state index in [1.54, 1.807) is 7.11 Å². The van der Waals surface area contributed by atoms with Gasteiger partial charge in [0.1, 0.15) is 11.5 Å². The highest BCUT2D eigenvalue weighted by molar-refractivity contribution is 5.90. The van der Waals surface area contributed by atoms with Crippen molar-refractivity contribution in [1.82, 2.24) is 0 Å². The molecule has 3 aromatic carbocycles. The Bertz CT molecular complexity index is 856. The largest absolute Gasteiger partial charge is 0.497 e. The van der Waals surface area contributed by atoms with Gasteiger partial charge in [-0.25, -0.2) is 0 Å². The third kappa shape index (κ3) is 2.43. The van der Waals surface area contributed by atoms with Crippen LogP contribution in [0.4, 0.5) is 0 Å². The van der Waals surface area contributed by atoms with E-state index in [0.717, 1.165) is 33.4 Å². The zero-order valence-electron chi connectivity index (χ0n) is 12.9. The summed E-state index contributed by atoms with van der Waals surface area (Å²) in [6, 6.07) is 20.3. The highest BCUT2D eigenvalue weighted by atomic mass is 16.6. The summed E-state index contributed by atoms with van der Waals surface area (Å²) in [6.45, 7) is 0. The molecule has 2 atom stereocenters. The Kier molecular flexibility index (Phi) is 3.43. The van der Waals surface area contributed by atoms with Crippen LogP contribution in [0, 0.1) is 0 Å². The molecule has 3 aromatic rings. The molecule has 0 aromatic heterocycles. The first-order chi connectivity index (χ1) is 11.3. The van der Waals surface area contributed by atoms with Crippen molar-refractivity contribution in [2.75, 3.05) is 7.11 Å². The fourth-order valence-electron chi connectivity index (χ4n) is 3.35. The monoisotopic (exact) mass is 306 g/mol. The Morgan fingerprint density at radius 2 is 1.91 bits per heavy atom. The molecule has 0 spiro atoms. The number of methoxy groups -OCH3 is 1. The summed E-state index contributed by atoms with van der Waals surface area (Å²) in [5.74, 6) is 1.70. The minimum absolute atomic E-state index is 0.0912. The highest BCUT2D eigenvalue weighted by Gasteiger charge is 2.29. The van der Waals surface area contributed by atoms with Crippen molar-refractivity contribution in [2.24, 2.45) is 0 Å². The molecule has 3 heteroatoms. The lowest BCUT2D eigenvalue weighted by molar-refractivity contribution is -0.0347. The normalized spacial score (nSPS) is 19.9. The zero-order valence-corrected chi connectivity index (χ0v) is 12.9.